The van der Waals surface area contributed by atoms with Crippen molar-refractivity contribution in [2.45, 2.75) is 31.6 Å². The van der Waals surface area contributed by atoms with Gasteiger partial charge in [0.2, 0.25) is 5.88 Å². The lowest BCUT2D eigenvalue weighted by Gasteiger charge is -2.31. The standard InChI is InChI=1S/C23H25F2N5O5S2/c1-2-35-19-13-26-11-17(28-19)18-12-27-22(36-18)21(31)29-20(14-6-8-34-9-7-14)15-4-3-5-16(10-15)30-37(32,33)23(24)25/h3-5,10-14,20,23,30H,2,6-9H2,1H3,(H,29,31)/t20-/m0/s1. The number of alkyl halides is 2. The summed E-state index contributed by atoms with van der Waals surface area (Å²) in [5.74, 6) is -3.66. The van der Waals surface area contributed by atoms with Gasteiger partial charge in [-0.25, -0.2) is 18.4 Å². The highest BCUT2D eigenvalue weighted by Gasteiger charge is 2.29. The van der Waals surface area contributed by atoms with Crippen LogP contribution in [-0.4, -0.2) is 54.9 Å². The third kappa shape index (κ3) is 6.76. The Balaban J connectivity index is 1.57. The van der Waals surface area contributed by atoms with Gasteiger partial charge < -0.3 is 14.8 Å². The SMILES string of the molecule is CCOc1cncc(-c2cnc(C(=O)N[C@H](c3cccc(NS(=O)(=O)C(F)F)c3)C3CCOCC3)s2)n1. The van der Waals surface area contributed by atoms with Crippen LogP contribution in [0, 0.1) is 5.92 Å². The van der Waals surface area contributed by atoms with Crippen molar-refractivity contribution in [2.75, 3.05) is 24.5 Å². The molecular weight excluding hydrogens is 528 g/mol. The van der Waals surface area contributed by atoms with Crippen molar-refractivity contribution >= 4 is 33.0 Å². The van der Waals surface area contributed by atoms with E-state index in [0.29, 0.717) is 54.7 Å². The number of benzene rings is 1. The van der Waals surface area contributed by atoms with E-state index in [9.17, 15) is 22.0 Å². The topological polar surface area (TPSA) is 132 Å². The van der Waals surface area contributed by atoms with Crippen LogP contribution in [0.15, 0.2) is 42.9 Å². The first kappa shape index (κ1) is 26.8. The third-order valence-electron chi connectivity index (χ3n) is 5.62. The van der Waals surface area contributed by atoms with E-state index in [1.54, 1.807) is 18.3 Å². The maximum absolute atomic E-state index is 13.2. The predicted molar refractivity (Wildman–Crippen MR) is 133 cm³/mol. The molecule has 14 heteroatoms. The molecule has 1 atom stereocenters. The largest absolute Gasteiger partial charge is 0.477 e. The second-order valence-electron chi connectivity index (χ2n) is 8.14. The first-order chi connectivity index (χ1) is 17.8. The molecule has 0 unspecified atom stereocenters. The molecule has 0 aliphatic carbocycles. The van der Waals surface area contributed by atoms with E-state index >= 15 is 0 Å². The van der Waals surface area contributed by atoms with Gasteiger partial charge in [-0.2, -0.15) is 8.78 Å². The average molecular weight is 554 g/mol. The number of halogens is 2. The van der Waals surface area contributed by atoms with Crippen LogP contribution in [0.3, 0.4) is 0 Å². The van der Waals surface area contributed by atoms with Gasteiger partial charge in [0.05, 0.1) is 29.9 Å². The van der Waals surface area contributed by atoms with Crippen molar-refractivity contribution in [1.82, 2.24) is 20.3 Å². The Hall–Kier alpha value is -3.23. The highest BCUT2D eigenvalue weighted by Crippen LogP contribution is 2.33. The molecule has 1 aromatic carbocycles. The van der Waals surface area contributed by atoms with Gasteiger partial charge in [0.1, 0.15) is 5.69 Å². The van der Waals surface area contributed by atoms with Crippen LogP contribution in [0.5, 0.6) is 5.88 Å². The molecule has 3 aromatic rings. The minimum atomic E-state index is -4.83. The van der Waals surface area contributed by atoms with E-state index in [4.69, 9.17) is 9.47 Å². The molecule has 0 spiro atoms. The number of nitrogens with zero attached hydrogens (tertiary/aromatic N) is 3. The molecule has 1 amide bonds. The minimum Gasteiger partial charge on any atom is -0.477 e. The molecule has 3 heterocycles. The Morgan fingerprint density at radius 3 is 2.76 bits per heavy atom. The zero-order valence-corrected chi connectivity index (χ0v) is 21.4. The molecule has 1 fully saturated rings. The zero-order chi connectivity index (χ0) is 26.4. The van der Waals surface area contributed by atoms with Crippen LogP contribution < -0.4 is 14.8 Å². The smallest absolute Gasteiger partial charge is 0.355 e. The molecule has 0 saturated carbocycles. The van der Waals surface area contributed by atoms with E-state index in [1.165, 1.54) is 24.5 Å². The van der Waals surface area contributed by atoms with Crippen molar-refractivity contribution in [3.8, 4) is 16.5 Å². The molecule has 1 saturated heterocycles. The van der Waals surface area contributed by atoms with Gasteiger partial charge in [-0.15, -0.1) is 11.3 Å². The number of hydrogen-bond acceptors (Lipinski definition) is 9. The van der Waals surface area contributed by atoms with Crippen LogP contribution in [0.1, 0.15) is 41.2 Å². The second kappa shape index (κ2) is 11.9. The monoisotopic (exact) mass is 553 g/mol. The quantitative estimate of drug-likeness (QED) is 0.387. The first-order valence-electron chi connectivity index (χ1n) is 11.5. The first-order valence-corrected chi connectivity index (χ1v) is 13.8. The molecule has 10 nitrogen and oxygen atoms in total. The summed E-state index contributed by atoms with van der Waals surface area (Å²) in [7, 11) is -4.83. The summed E-state index contributed by atoms with van der Waals surface area (Å²) in [6, 6.07) is 5.55. The molecular formula is C23H25F2N5O5S2. The number of hydrogen-bond donors (Lipinski definition) is 2. The number of thiazole rings is 1. The molecule has 1 aliphatic rings. The number of aromatic nitrogens is 3. The van der Waals surface area contributed by atoms with Crippen LogP contribution in [0.4, 0.5) is 14.5 Å². The van der Waals surface area contributed by atoms with Gasteiger partial charge in [-0.3, -0.25) is 14.5 Å². The van der Waals surface area contributed by atoms with Crippen molar-refractivity contribution < 1.29 is 31.5 Å². The Morgan fingerprint density at radius 2 is 2.03 bits per heavy atom. The van der Waals surface area contributed by atoms with E-state index in [2.05, 4.69) is 20.3 Å². The second-order valence-corrected chi connectivity index (χ2v) is 10.8. The number of amides is 1. The Morgan fingerprint density at radius 1 is 1.24 bits per heavy atom. The number of sulfonamides is 1. The summed E-state index contributed by atoms with van der Waals surface area (Å²) in [6.45, 7) is 3.28. The average Bonchev–Trinajstić information content (AvgIpc) is 3.39. The van der Waals surface area contributed by atoms with Crippen LogP contribution in [0.25, 0.3) is 10.6 Å². The van der Waals surface area contributed by atoms with Gasteiger partial charge in [0.15, 0.2) is 5.01 Å². The molecule has 2 aromatic heterocycles. The summed E-state index contributed by atoms with van der Waals surface area (Å²) >= 11 is 1.14. The van der Waals surface area contributed by atoms with Gasteiger partial charge >= 0.3 is 5.76 Å². The maximum Gasteiger partial charge on any atom is 0.355 e. The number of carbonyl (C=O) groups excluding carboxylic acids is 1. The van der Waals surface area contributed by atoms with Crippen LogP contribution >= 0.6 is 11.3 Å². The summed E-state index contributed by atoms with van der Waals surface area (Å²) in [4.78, 5) is 26.6. The molecule has 37 heavy (non-hydrogen) atoms. The predicted octanol–water partition coefficient (Wildman–Crippen LogP) is 3.86. The molecule has 0 radical (unpaired) electrons. The van der Waals surface area contributed by atoms with Crippen molar-refractivity contribution in [2.24, 2.45) is 5.92 Å². The van der Waals surface area contributed by atoms with Gasteiger partial charge in [0, 0.05) is 25.1 Å². The van der Waals surface area contributed by atoms with E-state index in [1.807, 2.05) is 11.6 Å². The third-order valence-corrected chi connectivity index (χ3v) is 7.63. The number of anilines is 1. The van der Waals surface area contributed by atoms with Crippen LogP contribution in [-0.2, 0) is 14.8 Å². The lowest BCUT2D eigenvalue weighted by atomic mass is 9.87. The molecule has 198 valence electrons. The van der Waals surface area contributed by atoms with Gasteiger partial charge in [-0.05, 0) is 43.4 Å². The van der Waals surface area contributed by atoms with Gasteiger partial charge in [-0.1, -0.05) is 12.1 Å². The number of ether oxygens (including phenoxy) is 2. The number of nitrogens with one attached hydrogen (secondary N) is 2. The Bertz CT molecular complexity index is 1330. The lowest BCUT2D eigenvalue weighted by molar-refractivity contribution is 0.0514. The summed E-state index contributed by atoms with van der Waals surface area (Å²) < 4.78 is 61.7. The molecule has 0 bridgehead atoms. The minimum absolute atomic E-state index is 0.0200. The zero-order valence-electron chi connectivity index (χ0n) is 19.8. The summed E-state index contributed by atoms with van der Waals surface area (Å²) in [6.07, 6.45) is 5.88. The van der Waals surface area contributed by atoms with Gasteiger partial charge in [0.25, 0.3) is 15.9 Å². The normalized spacial score (nSPS) is 15.4. The molecule has 1 aliphatic heterocycles. The lowest BCUT2D eigenvalue weighted by Crippen LogP contribution is -2.36. The molecule has 4 rings (SSSR count). The van der Waals surface area contributed by atoms with E-state index in [-0.39, 0.29) is 16.6 Å². The molecule has 2 N–H and O–H groups in total. The van der Waals surface area contributed by atoms with E-state index < -0.39 is 27.7 Å². The van der Waals surface area contributed by atoms with Crippen molar-refractivity contribution in [3.05, 3.63) is 53.4 Å². The fraction of sp³-hybridized carbons (Fsp3) is 0.391. The fourth-order valence-electron chi connectivity index (χ4n) is 3.91. The van der Waals surface area contributed by atoms with Crippen LogP contribution in [0.2, 0.25) is 0 Å². The number of carbonyl (C=O) groups is 1. The fourth-order valence-corrected chi connectivity index (χ4v) is 5.23. The van der Waals surface area contributed by atoms with E-state index in [0.717, 1.165) is 11.3 Å². The Labute approximate surface area is 216 Å². The highest BCUT2D eigenvalue weighted by atomic mass is 32.2. The number of rotatable bonds is 10. The van der Waals surface area contributed by atoms with Crippen molar-refractivity contribution in [1.29, 1.82) is 0 Å². The maximum atomic E-state index is 13.2. The highest BCUT2D eigenvalue weighted by molar-refractivity contribution is 7.93. The van der Waals surface area contributed by atoms with Crippen molar-refractivity contribution in [3.63, 3.8) is 0 Å². The Kier molecular flexibility index (Phi) is 8.61. The summed E-state index contributed by atoms with van der Waals surface area (Å²) in [5.41, 5.74) is 1.07. The summed E-state index contributed by atoms with van der Waals surface area (Å²) in [5, 5.41) is 3.20.